The van der Waals surface area contributed by atoms with Crippen molar-refractivity contribution in [2.45, 2.75) is 12.5 Å². The van der Waals surface area contributed by atoms with Crippen LogP contribution in [0.25, 0.3) is 11.0 Å². The number of benzene rings is 1. The Morgan fingerprint density at radius 1 is 1.15 bits per heavy atom. The summed E-state index contributed by atoms with van der Waals surface area (Å²) in [5.41, 5.74) is 7.29. The fourth-order valence-corrected chi connectivity index (χ4v) is 2.70. The summed E-state index contributed by atoms with van der Waals surface area (Å²) in [5, 5.41) is 2.77. The number of nitrogens with zero attached hydrogens (tertiary/aromatic N) is 3. The zero-order chi connectivity index (χ0) is 17.9. The van der Waals surface area contributed by atoms with E-state index in [1.807, 2.05) is 6.07 Å². The lowest BCUT2D eigenvalue weighted by atomic mass is 10.2. The van der Waals surface area contributed by atoms with Gasteiger partial charge in [-0.05, 0) is 24.3 Å². The monoisotopic (exact) mass is 351 g/mol. The minimum atomic E-state index is -0.250. The predicted molar refractivity (Wildman–Crippen MR) is 96.0 cm³/mol. The number of ether oxygens (including phenoxy) is 2. The molecule has 0 spiro atoms. The Morgan fingerprint density at radius 2 is 2.00 bits per heavy atom. The first-order chi connectivity index (χ1) is 12.7. The van der Waals surface area contributed by atoms with Crippen molar-refractivity contribution < 1.29 is 14.3 Å². The van der Waals surface area contributed by atoms with Crippen molar-refractivity contribution in [2.24, 2.45) is 0 Å². The number of fused-ring (bicyclic) bond motifs is 1. The molecule has 1 fully saturated rings. The van der Waals surface area contributed by atoms with Gasteiger partial charge in [0.15, 0.2) is 5.52 Å². The first-order valence-electron chi connectivity index (χ1n) is 8.24. The van der Waals surface area contributed by atoms with Gasteiger partial charge in [0, 0.05) is 12.0 Å². The Morgan fingerprint density at radius 3 is 2.77 bits per heavy atom. The van der Waals surface area contributed by atoms with Gasteiger partial charge in [0.1, 0.15) is 11.9 Å². The molecule has 1 aliphatic rings. The Hall–Kier alpha value is -3.26. The van der Waals surface area contributed by atoms with E-state index in [9.17, 15) is 4.79 Å². The van der Waals surface area contributed by atoms with E-state index in [2.05, 4.69) is 20.3 Å². The molecule has 0 radical (unpaired) electrons. The highest BCUT2D eigenvalue weighted by Gasteiger charge is 2.20. The van der Waals surface area contributed by atoms with Crippen LogP contribution in [0.2, 0.25) is 0 Å². The van der Waals surface area contributed by atoms with Crippen molar-refractivity contribution in [1.29, 1.82) is 0 Å². The van der Waals surface area contributed by atoms with Crippen LogP contribution in [-0.2, 0) is 4.74 Å². The van der Waals surface area contributed by atoms with E-state index >= 15 is 0 Å². The maximum Gasteiger partial charge on any atom is 0.256 e. The van der Waals surface area contributed by atoms with Gasteiger partial charge >= 0.3 is 0 Å². The zero-order valence-electron chi connectivity index (χ0n) is 13.9. The van der Waals surface area contributed by atoms with E-state index in [-0.39, 0.29) is 18.0 Å². The van der Waals surface area contributed by atoms with Crippen molar-refractivity contribution in [1.82, 2.24) is 15.0 Å². The molecule has 1 aliphatic heterocycles. The second-order valence-corrected chi connectivity index (χ2v) is 5.87. The molecule has 0 saturated carbocycles. The Bertz CT molecular complexity index is 942. The summed E-state index contributed by atoms with van der Waals surface area (Å²) in [6.45, 7) is 1.14. The molecular formula is C18H17N5O3. The third-order valence-electron chi connectivity index (χ3n) is 3.97. The van der Waals surface area contributed by atoms with E-state index in [1.165, 1.54) is 0 Å². The Balaban J connectivity index is 1.64. The molecule has 3 aromatic rings. The van der Waals surface area contributed by atoms with Gasteiger partial charge in [-0.1, -0.05) is 18.2 Å². The van der Waals surface area contributed by atoms with Crippen LogP contribution in [0.1, 0.15) is 16.8 Å². The lowest BCUT2D eigenvalue weighted by Crippen LogP contribution is -2.18. The van der Waals surface area contributed by atoms with Gasteiger partial charge < -0.3 is 20.5 Å². The van der Waals surface area contributed by atoms with E-state index in [4.69, 9.17) is 15.2 Å². The fraction of sp³-hybridized carbons (Fsp3) is 0.222. The van der Waals surface area contributed by atoms with Gasteiger partial charge in [-0.15, -0.1) is 0 Å². The summed E-state index contributed by atoms with van der Waals surface area (Å²) < 4.78 is 11.2. The van der Waals surface area contributed by atoms with Crippen molar-refractivity contribution in [3.63, 3.8) is 0 Å². The average molecular weight is 351 g/mol. The second kappa shape index (κ2) is 6.93. The molecule has 2 aromatic heterocycles. The zero-order valence-corrected chi connectivity index (χ0v) is 13.9. The number of amides is 1. The van der Waals surface area contributed by atoms with E-state index in [0.29, 0.717) is 41.5 Å². The molecular weight excluding hydrogens is 334 g/mol. The number of pyridine rings is 1. The molecule has 26 heavy (non-hydrogen) atoms. The highest BCUT2D eigenvalue weighted by Crippen LogP contribution is 2.25. The van der Waals surface area contributed by atoms with Crippen LogP contribution in [-0.4, -0.2) is 40.2 Å². The first kappa shape index (κ1) is 16.2. The van der Waals surface area contributed by atoms with Gasteiger partial charge in [0.2, 0.25) is 11.8 Å². The quantitative estimate of drug-likeness (QED) is 0.739. The van der Waals surface area contributed by atoms with Crippen molar-refractivity contribution in [2.75, 3.05) is 24.3 Å². The highest BCUT2D eigenvalue weighted by molar-refractivity contribution is 6.04. The first-order valence-corrected chi connectivity index (χ1v) is 8.24. The van der Waals surface area contributed by atoms with Crippen LogP contribution in [0, 0.1) is 0 Å². The van der Waals surface area contributed by atoms with Crippen LogP contribution >= 0.6 is 0 Å². The van der Waals surface area contributed by atoms with E-state index < -0.39 is 0 Å². The standard InChI is InChI=1S/C18H17N5O3/c19-18-20-13-6-7-14(22-16(24)11-4-2-1-3-5-11)21-15(13)17(23-18)26-12-8-9-25-10-12/h1-7,12H,8-10H2,(H2,19,20,23)(H,21,22,24). The minimum Gasteiger partial charge on any atom is -0.470 e. The molecule has 4 rings (SSSR count). The fourth-order valence-electron chi connectivity index (χ4n) is 2.70. The number of hydrogen-bond acceptors (Lipinski definition) is 7. The summed E-state index contributed by atoms with van der Waals surface area (Å²) in [6.07, 6.45) is 0.674. The molecule has 8 heteroatoms. The van der Waals surface area contributed by atoms with Crippen LogP contribution in [0.3, 0.4) is 0 Å². The molecule has 3 N–H and O–H groups in total. The third kappa shape index (κ3) is 3.40. The number of carbonyl (C=O) groups is 1. The largest absolute Gasteiger partial charge is 0.470 e. The maximum atomic E-state index is 12.3. The smallest absolute Gasteiger partial charge is 0.256 e. The Kier molecular flexibility index (Phi) is 4.32. The van der Waals surface area contributed by atoms with Crippen molar-refractivity contribution >= 4 is 28.7 Å². The van der Waals surface area contributed by atoms with E-state index in [0.717, 1.165) is 6.42 Å². The number of nitrogens with one attached hydrogen (secondary N) is 1. The van der Waals surface area contributed by atoms with Crippen LogP contribution in [0.4, 0.5) is 11.8 Å². The molecule has 3 heterocycles. The van der Waals surface area contributed by atoms with Gasteiger partial charge in [0.05, 0.1) is 18.7 Å². The van der Waals surface area contributed by atoms with Gasteiger partial charge in [0.25, 0.3) is 5.91 Å². The number of aromatic nitrogens is 3. The van der Waals surface area contributed by atoms with Crippen LogP contribution in [0.15, 0.2) is 42.5 Å². The summed E-state index contributed by atoms with van der Waals surface area (Å²) in [6, 6.07) is 12.3. The van der Waals surface area contributed by atoms with Crippen molar-refractivity contribution in [3.8, 4) is 5.88 Å². The third-order valence-corrected chi connectivity index (χ3v) is 3.97. The summed E-state index contributed by atoms with van der Waals surface area (Å²) in [5.74, 6) is 0.529. The number of rotatable bonds is 4. The number of nitrogens with two attached hydrogens (primary N) is 1. The van der Waals surface area contributed by atoms with Gasteiger partial charge in [-0.25, -0.2) is 9.97 Å². The molecule has 1 amide bonds. The SMILES string of the molecule is Nc1nc(OC2CCOC2)c2nc(NC(=O)c3ccccc3)ccc2n1. The molecule has 0 bridgehead atoms. The molecule has 0 aliphatic carbocycles. The number of carbonyl (C=O) groups excluding carboxylic acids is 1. The van der Waals surface area contributed by atoms with Crippen LogP contribution < -0.4 is 15.8 Å². The lowest BCUT2D eigenvalue weighted by molar-refractivity contribution is 0.102. The molecule has 1 unspecified atom stereocenters. The van der Waals surface area contributed by atoms with Crippen LogP contribution in [0.5, 0.6) is 5.88 Å². The summed E-state index contributed by atoms with van der Waals surface area (Å²) >= 11 is 0. The van der Waals surface area contributed by atoms with E-state index in [1.54, 1.807) is 36.4 Å². The molecule has 8 nitrogen and oxygen atoms in total. The molecule has 1 atom stereocenters. The normalized spacial score (nSPS) is 16.5. The Labute approximate surface area is 149 Å². The van der Waals surface area contributed by atoms with Crippen molar-refractivity contribution in [3.05, 3.63) is 48.0 Å². The molecule has 132 valence electrons. The molecule has 1 saturated heterocycles. The van der Waals surface area contributed by atoms with Gasteiger partial charge in [-0.3, -0.25) is 4.79 Å². The number of nitrogen functional groups attached to an aromatic ring is 1. The highest BCUT2D eigenvalue weighted by atomic mass is 16.5. The lowest BCUT2D eigenvalue weighted by Gasteiger charge is -2.13. The van der Waals surface area contributed by atoms with Gasteiger partial charge in [-0.2, -0.15) is 4.98 Å². The summed E-state index contributed by atoms with van der Waals surface area (Å²) in [7, 11) is 0. The maximum absolute atomic E-state index is 12.3. The number of hydrogen-bond donors (Lipinski definition) is 2. The second-order valence-electron chi connectivity index (χ2n) is 5.87. The average Bonchev–Trinajstić information content (AvgIpc) is 3.16. The molecule has 1 aromatic carbocycles. The topological polar surface area (TPSA) is 112 Å². The summed E-state index contributed by atoms with van der Waals surface area (Å²) in [4.78, 5) is 25.1. The number of anilines is 2. The minimum absolute atomic E-state index is 0.100. The predicted octanol–water partition coefficient (Wildman–Crippen LogP) is 2.03.